The number of likely N-dealkylation sites (N-methyl/N-ethyl adjacent to an activating group) is 1. The van der Waals surface area contributed by atoms with Gasteiger partial charge in [0, 0.05) is 39.1 Å². The zero-order valence-corrected chi connectivity index (χ0v) is 10.0. The SMILES string of the molecule is CN1CCN(CCC(Cl)(Cl)Cl)CC1. The van der Waals surface area contributed by atoms with Gasteiger partial charge in [0.1, 0.15) is 0 Å². The van der Waals surface area contributed by atoms with Crippen LogP contribution in [0.25, 0.3) is 0 Å². The van der Waals surface area contributed by atoms with E-state index in [1.54, 1.807) is 0 Å². The highest BCUT2D eigenvalue weighted by atomic mass is 35.6. The molecule has 1 aliphatic heterocycles. The summed E-state index contributed by atoms with van der Waals surface area (Å²) in [4.78, 5) is 4.65. The van der Waals surface area contributed by atoms with Crippen molar-refractivity contribution in [3.05, 3.63) is 0 Å². The first-order chi connectivity index (χ1) is 5.97. The Bertz CT molecular complexity index is 150. The molecule has 0 unspecified atom stereocenters. The van der Waals surface area contributed by atoms with E-state index in [2.05, 4.69) is 16.8 Å². The third-order valence-corrected chi connectivity index (χ3v) is 2.87. The Morgan fingerprint density at radius 3 is 2.08 bits per heavy atom. The highest BCUT2D eigenvalue weighted by Gasteiger charge is 2.22. The third kappa shape index (κ3) is 5.28. The molecule has 13 heavy (non-hydrogen) atoms. The molecule has 0 aromatic heterocycles. The van der Waals surface area contributed by atoms with Gasteiger partial charge < -0.3 is 9.80 Å². The minimum Gasteiger partial charge on any atom is -0.304 e. The van der Waals surface area contributed by atoms with E-state index in [1.807, 2.05) is 0 Å². The maximum absolute atomic E-state index is 5.67. The van der Waals surface area contributed by atoms with Crippen molar-refractivity contribution in [3.63, 3.8) is 0 Å². The van der Waals surface area contributed by atoms with Crippen molar-refractivity contribution in [1.29, 1.82) is 0 Å². The quantitative estimate of drug-likeness (QED) is 0.687. The van der Waals surface area contributed by atoms with Crippen molar-refractivity contribution in [2.24, 2.45) is 0 Å². The van der Waals surface area contributed by atoms with Gasteiger partial charge in [-0.1, -0.05) is 34.8 Å². The van der Waals surface area contributed by atoms with E-state index >= 15 is 0 Å². The fourth-order valence-corrected chi connectivity index (χ4v) is 1.61. The second kappa shape index (κ2) is 5.04. The van der Waals surface area contributed by atoms with Gasteiger partial charge in [0.15, 0.2) is 3.79 Å². The summed E-state index contributed by atoms with van der Waals surface area (Å²) in [6, 6.07) is 0. The van der Waals surface area contributed by atoms with Crippen LogP contribution < -0.4 is 0 Å². The third-order valence-electron chi connectivity index (χ3n) is 2.31. The highest BCUT2D eigenvalue weighted by molar-refractivity contribution is 6.67. The van der Waals surface area contributed by atoms with Crippen LogP contribution in [0.4, 0.5) is 0 Å². The molecule has 1 aliphatic rings. The van der Waals surface area contributed by atoms with E-state index in [9.17, 15) is 0 Å². The summed E-state index contributed by atoms with van der Waals surface area (Å²) in [7, 11) is 2.13. The number of hydrogen-bond acceptors (Lipinski definition) is 2. The minimum absolute atomic E-state index is 0.612. The van der Waals surface area contributed by atoms with Crippen LogP contribution in [0.1, 0.15) is 6.42 Å². The molecule has 0 saturated carbocycles. The first kappa shape index (κ1) is 11.9. The smallest absolute Gasteiger partial charge is 0.191 e. The summed E-state index contributed by atoms with van der Waals surface area (Å²) >= 11 is 17.0. The molecule has 0 amide bonds. The zero-order chi connectivity index (χ0) is 9.90. The molecule has 0 bridgehead atoms. The lowest BCUT2D eigenvalue weighted by Gasteiger charge is -2.32. The predicted octanol–water partition coefficient (Wildman–Crippen LogP) is 1.99. The van der Waals surface area contributed by atoms with Crippen LogP contribution in [0.15, 0.2) is 0 Å². The van der Waals surface area contributed by atoms with Gasteiger partial charge in [-0.2, -0.15) is 0 Å². The lowest BCUT2D eigenvalue weighted by atomic mass is 10.3. The first-order valence-corrected chi connectivity index (χ1v) is 5.58. The van der Waals surface area contributed by atoms with E-state index in [0.29, 0.717) is 6.42 Å². The van der Waals surface area contributed by atoms with Crippen molar-refractivity contribution in [2.75, 3.05) is 39.8 Å². The van der Waals surface area contributed by atoms with E-state index in [4.69, 9.17) is 34.8 Å². The first-order valence-electron chi connectivity index (χ1n) is 4.45. The summed E-state index contributed by atoms with van der Waals surface area (Å²) in [6.07, 6.45) is 0.612. The van der Waals surface area contributed by atoms with E-state index in [0.717, 1.165) is 32.7 Å². The number of halogens is 3. The van der Waals surface area contributed by atoms with Crippen molar-refractivity contribution in [2.45, 2.75) is 10.2 Å². The minimum atomic E-state index is -1.09. The van der Waals surface area contributed by atoms with Gasteiger partial charge in [0.25, 0.3) is 0 Å². The van der Waals surface area contributed by atoms with Gasteiger partial charge >= 0.3 is 0 Å². The van der Waals surface area contributed by atoms with Crippen LogP contribution in [-0.4, -0.2) is 53.4 Å². The lowest BCUT2D eigenvalue weighted by Crippen LogP contribution is -2.45. The molecular formula is C8H15Cl3N2. The number of hydrogen-bond donors (Lipinski definition) is 0. The lowest BCUT2D eigenvalue weighted by molar-refractivity contribution is 0.153. The van der Waals surface area contributed by atoms with Gasteiger partial charge in [-0.3, -0.25) is 0 Å². The molecule has 1 rings (SSSR count). The molecule has 2 nitrogen and oxygen atoms in total. The average Bonchev–Trinajstić information content (AvgIpc) is 2.02. The van der Waals surface area contributed by atoms with Gasteiger partial charge in [-0.25, -0.2) is 0 Å². The van der Waals surface area contributed by atoms with E-state index < -0.39 is 3.79 Å². The van der Waals surface area contributed by atoms with Gasteiger partial charge in [-0.05, 0) is 7.05 Å². The van der Waals surface area contributed by atoms with Crippen molar-refractivity contribution < 1.29 is 0 Å². The number of alkyl halides is 3. The van der Waals surface area contributed by atoms with Crippen LogP contribution >= 0.6 is 34.8 Å². The molecule has 0 aromatic rings. The summed E-state index contributed by atoms with van der Waals surface area (Å²) in [5, 5.41) is 0. The molecule has 0 radical (unpaired) electrons. The average molecular weight is 246 g/mol. The van der Waals surface area contributed by atoms with Crippen LogP contribution in [0, 0.1) is 0 Å². The van der Waals surface area contributed by atoms with Crippen LogP contribution in [0.5, 0.6) is 0 Å². The van der Waals surface area contributed by atoms with Gasteiger partial charge in [-0.15, -0.1) is 0 Å². The maximum atomic E-state index is 5.67. The van der Waals surface area contributed by atoms with E-state index in [-0.39, 0.29) is 0 Å². The zero-order valence-electron chi connectivity index (χ0n) is 7.77. The molecule has 5 heteroatoms. The Kier molecular flexibility index (Phi) is 4.59. The van der Waals surface area contributed by atoms with Crippen LogP contribution in [-0.2, 0) is 0 Å². The molecule has 0 aromatic carbocycles. The molecule has 1 fully saturated rings. The number of nitrogens with zero attached hydrogens (tertiary/aromatic N) is 2. The highest BCUT2D eigenvalue weighted by Crippen LogP contribution is 2.30. The van der Waals surface area contributed by atoms with Gasteiger partial charge in [0.05, 0.1) is 0 Å². The number of piperazine rings is 1. The standard InChI is InChI=1S/C8H15Cl3N2/c1-12-4-6-13(7-5-12)3-2-8(9,10)11/h2-7H2,1H3. The Hall–Kier alpha value is 0.790. The Morgan fingerprint density at radius 1 is 1.08 bits per heavy atom. The predicted molar refractivity (Wildman–Crippen MR) is 58.8 cm³/mol. The Labute approximate surface area is 94.7 Å². The van der Waals surface area contributed by atoms with E-state index in [1.165, 1.54) is 0 Å². The molecule has 0 N–H and O–H groups in total. The fourth-order valence-electron chi connectivity index (χ4n) is 1.36. The number of rotatable bonds is 2. The molecule has 1 saturated heterocycles. The maximum Gasteiger partial charge on any atom is 0.191 e. The Morgan fingerprint density at radius 2 is 1.62 bits per heavy atom. The fraction of sp³-hybridized carbons (Fsp3) is 1.00. The van der Waals surface area contributed by atoms with Gasteiger partial charge in [0.2, 0.25) is 0 Å². The largest absolute Gasteiger partial charge is 0.304 e. The molecular weight excluding hydrogens is 230 g/mol. The molecule has 0 aliphatic carbocycles. The van der Waals surface area contributed by atoms with Crippen molar-refractivity contribution in [1.82, 2.24) is 9.80 Å². The second-order valence-electron chi connectivity index (χ2n) is 3.51. The summed E-state index contributed by atoms with van der Waals surface area (Å²) in [6.45, 7) is 5.26. The normalized spacial score (nSPS) is 22.2. The van der Waals surface area contributed by atoms with Crippen molar-refractivity contribution in [3.8, 4) is 0 Å². The molecule has 1 heterocycles. The van der Waals surface area contributed by atoms with Crippen molar-refractivity contribution >= 4 is 34.8 Å². The second-order valence-corrected chi connectivity index (χ2v) is 6.03. The monoisotopic (exact) mass is 244 g/mol. The van der Waals surface area contributed by atoms with Crippen LogP contribution in [0.2, 0.25) is 0 Å². The van der Waals surface area contributed by atoms with Crippen LogP contribution in [0.3, 0.4) is 0 Å². The Balaban J connectivity index is 2.16. The topological polar surface area (TPSA) is 6.48 Å². The molecule has 0 atom stereocenters. The summed E-state index contributed by atoms with van der Waals surface area (Å²) in [5.74, 6) is 0. The molecule has 78 valence electrons. The molecule has 0 spiro atoms. The summed E-state index contributed by atoms with van der Waals surface area (Å²) < 4.78 is -1.09. The summed E-state index contributed by atoms with van der Waals surface area (Å²) in [5.41, 5.74) is 0.